The van der Waals surface area contributed by atoms with Gasteiger partial charge in [0.1, 0.15) is 0 Å². The number of fused-ring (bicyclic) bond motifs is 6. The summed E-state index contributed by atoms with van der Waals surface area (Å²) in [5, 5.41) is 0. The van der Waals surface area contributed by atoms with Crippen molar-refractivity contribution in [3.63, 3.8) is 0 Å². The van der Waals surface area contributed by atoms with Crippen molar-refractivity contribution < 1.29 is 4.79 Å². The first-order valence-electron chi connectivity index (χ1n) is 8.98. The minimum atomic E-state index is 0.119. The van der Waals surface area contributed by atoms with Crippen molar-refractivity contribution in [1.29, 1.82) is 0 Å². The molecule has 2 heterocycles. The van der Waals surface area contributed by atoms with Crippen molar-refractivity contribution in [2.45, 2.75) is 31.1 Å². The highest BCUT2D eigenvalue weighted by Gasteiger charge is 2.39. The van der Waals surface area contributed by atoms with E-state index in [0.29, 0.717) is 11.8 Å². The van der Waals surface area contributed by atoms with Crippen molar-refractivity contribution in [2.75, 3.05) is 33.2 Å². The van der Waals surface area contributed by atoms with Crippen LogP contribution in [0.4, 0.5) is 0 Å². The van der Waals surface area contributed by atoms with Crippen molar-refractivity contribution in [2.24, 2.45) is 0 Å². The van der Waals surface area contributed by atoms with E-state index in [-0.39, 0.29) is 5.91 Å². The topological polar surface area (TPSA) is 49.3 Å². The van der Waals surface area contributed by atoms with Crippen LogP contribution in [-0.4, -0.2) is 58.9 Å². The molecule has 2 aromatic rings. The largest absolute Gasteiger partial charge is 0.336 e. The van der Waals surface area contributed by atoms with Gasteiger partial charge in [-0.15, -0.1) is 0 Å². The monoisotopic (exact) mass is 322 g/mol. The number of likely N-dealkylation sites (N-methyl/N-ethyl adjacent to an activating group) is 1. The molecule has 1 aromatic carbocycles. The molecule has 1 amide bonds. The summed E-state index contributed by atoms with van der Waals surface area (Å²) in [5.74, 6) is 1.33. The van der Waals surface area contributed by atoms with Gasteiger partial charge in [0.25, 0.3) is 5.91 Å². The number of hydrogen-bond acceptors (Lipinski definition) is 4. The number of aromatic nitrogens is 2. The van der Waals surface area contributed by atoms with Crippen LogP contribution in [0.3, 0.4) is 0 Å². The van der Waals surface area contributed by atoms with Crippen LogP contribution >= 0.6 is 0 Å². The lowest BCUT2D eigenvalue weighted by Gasteiger charge is -2.32. The van der Waals surface area contributed by atoms with E-state index < -0.39 is 0 Å². The molecule has 1 saturated carbocycles. The summed E-state index contributed by atoms with van der Waals surface area (Å²) in [7, 11) is 2.10. The number of rotatable bonds is 1. The number of amides is 1. The Morgan fingerprint density at radius 2 is 1.67 bits per heavy atom. The van der Waals surface area contributed by atoms with E-state index in [1.807, 2.05) is 23.1 Å². The summed E-state index contributed by atoms with van der Waals surface area (Å²) in [6.45, 7) is 3.48. The molecule has 1 aromatic heterocycles. The Morgan fingerprint density at radius 1 is 1.00 bits per heavy atom. The van der Waals surface area contributed by atoms with E-state index in [2.05, 4.69) is 11.9 Å². The van der Waals surface area contributed by atoms with E-state index in [0.717, 1.165) is 42.8 Å². The van der Waals surface area contributed by atoms with Crippen LogP contribution in [0.25, 0.3) is 11.0 Å². The Morgan fingerprint density at radius 3 is 2.38 bits per heavy atom. The molecule has 5 nitrogen and oxygen atoms in total. The van der Waals surface area contributed by atoms with Gasteiger partial charge in [-0.3, -0.25) is 4.79 Å². The maximum atomic E-state index is 12.8. The van der Waals surface area contributed by atoms with Crippen molar-refractivity contribution >= 4 is 16.9 Å². The van der Waals surface area contributed by atoms with Crippen LogP contribution in [0, 0.1) is 0 Å². The summed E-state index contributed by atoms with van der Waals surface area (Å²) < 4.78 is 0. The zero-order valence-corrected chi connectivity index (χ0v) is 14.0. The van der Waals surface area contributed by atoms with Gasteiger partial charge in [-0.2, -0.15) is 0 Å². The highest BCUT2D eigenvalue weighted by atomic mass is 16.2. The van der Waals surface area contributed by atoms with Crippen molar-refractivity contribution in [3.05, 3.63) is 35.2 Å². The molecule has 1 saturated heterocycles. The number of benzene rings is 1. The molecule has 2 fully saturated rings. The Bertz CT molecular complexity index is 825. The Balaban J connectivity index is 1.49. The third-order valence-corrected chi connectivity index (χ3v) is 5.96. The van der Waals surface area contributed by atoms with Gasteiger partial charge < -0.3 is 9.80 Å². The molecule has 1 aliphatic heterocycles. The maximum absolute atomic E-state index is 12.8. The SMILES string of the molecule is CN1CCN(C(=O)c2ccc3nc4c(nc3c2)C2CCC4C2)CC1. The Hall–Kier alpha value is -2.01. The van der Waals surface area contributed by atoms with Crippen LogP contribution in [0.5, 0.6) is 0 Å². The van der Waals surface area contributed by atoms with Crippen LogP contribution in [0.15, 0.2) is 18.2 Å². The number of nitrogens with zero attached hydrogens (tertiary/aromatic N) is 4. The third-order valence-electron chi connectivity index (χ3n) is 5.96. The minimum absolute atomic E-state index is 0.119. The first-order valence-corrected chi connectivity index (χ1v) is 8.98. The molecule has 2 bridgehead atoms. The smallest absolute Gasteiger partial charge is 0.254 e. The first kappa shape index (κ1) is 14.3. The van der Waals surface area contributed by atoms with E-state index in [1.165, 1.54) is 30.7 Å². The predicted molar refractivity (Wildman–Crippen MR) is 92.3 cm³/mol. The van der Waals surface area contributed by atoms with E-state index in [1.54, 1.807) is 0 Å². The molecule has 0 spiro atoms. The zero-order chi connectivity index (χ0) is 16.3. The number of carbonyl (C=O) groups excluding carboxylic acids is 1. The number of carbonyl (C=O) groups is 1. The lowest BCUT2D eigenvalue weighted by Crippen LogP contribution is -2.47. The van der Waals surface area contributed by atoms with Gasteiger partial charge >= 0.3 is 0 Å². The highest BCUT2D eigenvalue weighted by Crippen LogP contribution is 2.51. The molecule has 2 atom stereocenters. The standard InChI is InChI=1S/C19H22N4O/c1-22-6-8-23(9-7-22)19(24)14-4-5-15-16(11-14)21-18-13-3-2-12(10-13)17(18)20-15/h4-5,11-13H,2-3,6-10H2,1H3. The molecule has 3 aliphatic rings. The second kappa shape index (κ2) is 5.24. The van der Waals surface area contributed by atoms with Gasteiger partial charge in [-0.1, -0.05) is 0 Å². The molecular formula is C19H22N4O. The fourth-order valence-corrected chi connectivity index (χ4v) is 4.49. The summed E-state index contributed by atoms with van der Waals surface area (Å²) >= 11 is 0. The van der Waals surface area contributed by atoms with Crippen LogP contribution in [-0.2, 0) is 0 Å². The van der Waals surface area contributed by atoms with Gasteiger partial charge in [0.2, 0.25) is 0 Å². The van der Waals surface area contributed by atoms with Gasteiger partial charge in [0.05, 0.1) is 22.4 Å². The van der Waals surface area contributed by atoms with E-state index in [9.17, 15) is 4.79 Å². The summed E-state index contributed by atoms with van der Waals surface area (Å²) in [6, 6.07) is 5.82. The predicted octanol–water partition coefficient (Wildman–Crippen LogP) is 2.38. The molecule has 2 unspecified atom stereocenters. The molecule has 24 heavy (non-hydrogen) atoms. The van der Waals surface area contributed by atoms with E-state index >= 15 is 0 Å². The van der Waals surface area contributed by atoms with Crippen molar-refractivity contribution in [1.82, 2.24) is 19.8 Å². The number of hydrogen-bond donors (Lipinski definition) is 0. The Kier molecular flexibility index (Phi) is 3.13. The third kappa shape index (κ3) is 2.14. The first-order chi connectivity index (χ1) is 11.7. The molecule has 2 aliphatic carbocycles. The van der Waals surface area contributed by atoms with Crippen LogP contribution < -0.4 is 0 Å². The molecule has 0 radical (unpaired) electrons. The van der Waals surface area contributed by atoms with E-state index in [4.69, 9.17) is 9.97 Å². The normalized spacial score (nSPS) is 26.1. The summed E-state index contributed by atoms with van der Waals surface area (Å²) in [6.07, 6.45) is 3.73. The van der Waals surface area contributed by atoms with Crippen LogP contribution in [0.1, 0.15) is 52.8 Å². The zero-order valence-electron chi connectivity index (χ0n) is 14.0. The van der Waals surface area contributed by atoms with Gasteiger partial charge in [0, 0.05) is 43.6 Å². The highest BCUT2D eigenvalue weighted by molar-refractivity contribution is 5.97. The lowest BCUT2D eigenvalue weighted by molar-refractivity contribution is 0.0664. The van der Waals surface area contributed by atoms with Gasteiger partial charge in [-0.25, -0.2) is 9.97 Å². The Labute approximate surface area is 141 Å². The maximum Gasteiger partial charge on any atom is 0.254 e. The average molecular weight is 322 g/mol. The quantitative estimate of drug-likeness (QED) is 0.809. The molecule has 5 heteroatoms. The second-order valence-electron chi connectivity index (χ2n) is 7.50. The minimum Gasteiger partial charge on any atom is -0.336 e. The fourth-order valence-electron chi connectivity index (χ4n) is 4.49. The summed E-state index contributed by atoms with van der Waals surface area (Å²) in [5.41, 5.74) is 4.96. The molecular weight excluding hydrogens is 300 g/mol. The fraction of sp³-hybridized carbons (Fsp3) is 0.526. The van der Waals surface area contributed by atoms with Gasteiger partial charge in [-0.05, 0) is 44.5 Å². The second-order valence-corrected chi connectivity index (χ2v) is 7.50. The molecule has 0 N–H and O–H groups in total. The summed E-state index contributed by atoms with van der Waals surface area (Å²) in [4.78, 5) is 26.7. The molecule has 124 valence electrons. The average Bonchev–Trinajstić information content (AvgIpc) is 3.22. The lowest BCUT2D eigenvalue weighted by atomic mass is 10.00. The van der Waals surface area contributed by atoms with Gasteiger partial charge in [0.15, 0.2) is 0 Å². The van der Waals surface area contributed by atoms with Crippen molar-refractivity contribution in [3.8, 4) is 0 Å². The number of piperazine rings is 1. The van der Waals surface area contributed by atoms with Crippen LogP contribution in [0.2, 0.25) is 0 Å². The molecule has 5 rings (SSSR count).